The minimum atomic E-state index is -0.398. The summed E-state index contributed by atoms with van der Waals surface area (Å²) in [5.74, 6) is 0. The van der Waals surface area contributed by atoms with Crippen LogP contribution >= 0.6 is 0 Å². The van der Waals surface area contributed by atoms with Gasteiger partial charge < -0.3 is 10.1 Å². The van der Waals surface area contributed by atoms with E-state index in [1.54, 1.807) is 23.9 Å². The molecular formula is C14H18N4O3. The molecule has 7 heteroatoms. The molecule has 1 aromatic heterocycles. The molecule has 0 fully saturated rings. The number of nitro groups is 1. The standard InChI is InChI=1S/C14H18N4O3/c1-11-9-13(18(19)20)3-4-14(11)17-7-5-12(16-17)10-15-6-8-21-2/h3-5,7,9,15H,6,8,10H2,1-2H3. The van der Waals surface area contributed by atoms with Crippen LogP contribution in [0.25, 0.3) is 5.69 Å². The third-order valence-electron chi connectivity index (χ3n) is 3.07. The van der Waals surface area contributed by atoms with Gasteiger partial charge in [-0.25, -0.2) is 4.68 Å². The maximum Gasteiger partial charge on any atom is 0.269 e. The lowest BCUT2D eigenvalue weighted by molar-refractivity contribution is -0.384. The fourth-order valence-corrected chi connectivity index (χ4v) is 1.99. The SMILES string of the molecule is COCCNCc1ccn(-c2ccc([N+](=O)[O-])cc2C)n1. The molecule has 0 amide bonds. The second kappa shape index (κ2) is 6.96. The zero-order valence-electron chi connectivity index (χ0n) is 12.1. The Hall–Kier alpha value is -2.25. The summed E-state index contributed by atoms with van der Waals surface area (Å²) >= 11 is 0. The summed E-state index contributed by atoms with van der Waals surface area (Å²) < 4.78 is 6.69. The molecule has 0 aliphatic heterocycles. The van der Waals surface area contributed by atoms with Gasteiger partial charge in [-0.05, 0) is 24.6 Å². The van der Waals surface area contributed by atoms with Gasteiger partial charge in [-0.1, -0.05) is 0 Å². The summed E-state index contributed by atoms with van der Waals surface area (Å²) in [4.78, 5) is 10.3. The zero-order chi connectivity index (χ0) is 15.2. The van der Waals surface area contributed by atoms with E-state index in [-0.39, 0.29) is 5.69 Å². The highest BCUT2D eigenvalue weighted by Gasteiger charge is 2.10. The van der Waals surface area contributed by atoms with Gasteiger partial charge in [-0.2, -0.15) is 5.10 Å². The van der Waals surface area contributed by atoms with E-state index in [2.05, 4.69) is 10.4 Å². The number of benzene rings is 1. The molecule has 2 aromatic rings. The highest BCUT2D eigenvalue weighted by Crippen LogP contribution is 2.20. The van der Waals surface area contributed by atoms with Gasteiger partial charge in [-0.15, -0.1) is 0 Å². The van der Waals surface area contributed by atoms with Gasteiger partial charge in [0.25, 0.3) is 5.69 Å². The maximum absolute atomic E-state index is 10.7. The summed E-state index contributed by atoms with van der Waals surface area (Å²) in [6, 6.07) is 6.66. The quantitative estimate of drug-likeness (QED) is 0.478. The molecule has 0 unspecified atom stereocenters. The normalized spacial score (nSPS) is 10.8. The highest BCUT2D eigenvalue weighted by molar-refractivity contribution is 5.47. The molecule has 0 atom stereocenters. The Morgan fingerprint density at radius 2 is 2.24 bits per heavy atom. The largest absolute Gasteiger partial charge is 0.383 e. The third kappa shape index (κ3) is 3.87. The molecule has 2 rings (SSSR count). The summed E-state index contributed by atoms with van der Waals surface area (Å²) in [6.07, 6.45) is 1.85. The number of aryl methyl sites for hydroxylation is 1. The minimum Gasteiger partial charge on any atom is -0.383 e. The first kappa shape index (κ1) is 15.1. The van der Waals surface area contributed by atoms with Crippen molar-refractivity contribution in [3.05, 3.63) is 51.8 Å². The van der Waals surface area contributed by atoms with Crippen molar-refractivity contribution < 1.29 is 9.66 Å². The van der Waals surface area contributed by atoms with Gasteiger partial charge in [0.2, 0.25) is 0 Å². The Kier molecular flexibility index (Phi) is 5.02. The van der Waals surface area contributed by atoms with E-state index in [9.17, 15) is 10.1 Å². The van der Waals surface area contributed by atoms with Crippen molar-refractivity contribution in [2.75, 3.05) is 20.3 Å². The zero-order valence-corrected chi connectivity index (χ0v) is 12.1. The number of hydrogen-bond donors (Lipinski definition) is 1. The molecule has 1 aromatic carbocycles. The average molecular weight is 290 g/mol. The summed E-state index contributed by atoms with van der Waals surface area (Å²) in [5, 5.41) is 18.4. The molecule has 21 heavy (non-hydrogen) atoms. The van der Waals surface area contributed by atoms with Crippen LogP contribution in [0.1, 0.15) is 11.3 Å². The van der Waals surface area contributed by atoms with E-state index in [0.29, 0.717) is 13.2 Å². The topological polar surface area (TPSA) is 82.2 Å². The third-order valence-corrected chi connectivity index (χ3v) is 3.07. The van der Waals surface area contributed by atoms with E-state index >= 15 is 0 Å². The van der Waals surface area contributed by atoms with E-state index in [0.717, 1.165) is 23.5 Å². The van der Waals surface area contributed by atoms with Crippen molar-refractivity contribution in [3.63, 3.8) is 0 Å². The molecule has 1 N–H and O–H groups in total. The summed E-state index contributed by atoms with van der Waals surface area (Å²) in [6.45, 7) is 3.91. The number of nitro benzene ring substituents is 1. The van der Waals surface area contributed by atoms with Crippen molar-refractivity contribution >= 4 is 5.69 Å². The lowest BCUT2D eigenvalue weighted by Gasteiger charge is -2.05. The van der Waals surface area contributed by atoms with Crippen molar-refractivity contribution in [2.24, 2.45) is 0 Å². The van der Waals surface area contributed by atoms with Gasteiger partial charge in [0.1, 0.15) is 0 Å². The molecule has 0 radical (unpaired) electrons. The second-order valence-corrected chi connectivity index (χ2v) is 4.65. The number of ether oxygens (including phenoxy) is 1. The van der Waals surface area contributed by atoms with Crippen molar-refractivity contribution in [1.82, 2.24) is 15.1 Å². The smallest absolute Gasteiger partial charge is 0.269 e. The van der Waals surface area contributed by atoms with Crippen LogP contribution in [-0.2, 0) is 11.3 Å². The fraction of sp³-hybridized carbons (Fsp3) is 0.357. The summed E-state index contributed by atoms with van der Waals surface area (Å²) in [5.41, 5.74) is 2.64. The van der Waals surface area contributed by atoms with Crippen LogP contribution in [0.2, 0.25) is 0 Å². The molecule has 0 saturated carbocycles. The van der Waals surface area contributed by atoms with Crippen molar-refractivity contribution in [1.29, 1.82) is 0 Å². The van der Waals surface area contributed by atoms with Gasteiger partial charge in [0.15, 0.2) is 0 Å². The molecule has 0 aliphatic carbocycles. The Bertz CT molecular complexity index is 624. The fourth-order valence-electron chi connectivity index (χ4n) is 1.99. The average Bonchev–Trinajstić information content (AvgIpc) is 2.92. The van der Waals surface area contributed by atoms with E-state index in [4.69, 9.17) is 4.74 Å². The molecule has 112 valence electrons. The van der Waals surface area contributed by atoms with Crippen molar-refractivity contribution in [3.8, 4) is 5.69 Å². The van der Waals surface area contributed by atoms with Gasteiger partial charge in [-0.3, -0.25) is 10.1 Å². The second-order valence-electron chi connectivity index (χ2n) is 4.65. The first-order valence-electron chi connectivity index (χ1n) is 6.61. The lowest BCUT2D eigenvalue weighted by Crippen LogP contribution is -2.18. The van der Waals surface area contributed by atoms with Crippen LogP contribution in [-0.4, -0.2) is 35.0 Å². The first-order valence-corrected chi connectivity index (χ1v) is 6.61. The number of hydrogen-bond acceptors (Lipinski definition) is 5. The van der Waals surface area contributed by atoms with Crippen LogP contribution in [0.4, 0.5) is 5.69 Å². The Balaban J connectivity index is 2.08. The molecule has 0 spiro atoms. The van der Waals surface area contributed by atoms with E-state index < -0.39 is 4.92 Å². The molecule has 7 nitrogen and oxygen atoms in total. The molecule has 0 saturated heterocycles. The number of nitrogens with one attached hydrogen (secondary N) is 1. The van der Waals surface area contributed by atoms with Gasteiger partial charge >= 0.3 is 0 Å². The first-order chi connectivity index (χ1) is 10.1. The number of nitrogens with zero attached hydrogens (tertiary/aromatic N) is 3. The van der Waals surface area contributed by atoms with E-state index in [1.165, 1.54) is 6.07 Å². The van der Waals surface area contributed by atoms with E-state index in [1.807, 2.05) is 19.2 Å². The van der Waals surface area contributed by atoms with Crippen LogP contribution in [0, 0.1) is 17.0 Å². The number of rotatable bonds is 7. The highest BCUT2D eigenvalue weighted by atomic mass is 16.6. The summed E-state index contributed by atoms with van der Waals surface area (Å²) in [7, 11) is 1.66. The van der Waals surface area contributed by atoms with Gasteiger partial charge in [0.05, 0.1) is 22.9 Å². The van der Waals surface area contributed by atoms with Crippen LogP contribution in [0.15, 0.2) is 30.5 Å². The Labute approximate surface area is 122 Å². The molecule has 0 aliphatic rings. The minimum absolute atomic E-state index is 0.0878. The van der Waals surface area contributed by atoms with Gasteiger partial charge in [0, 0.05) is 38.5 Å². The Morgan fingerprint density at radius 3 is 2.90 bits per heavy atom. The molecular weight excluding hydrogens is 272 g/mol. The monoisotopic (exact) mass is 290 g/mol. The molecule has 0 bridgehead atoms. The van der Waals surface area contributed by atoms with Crippen molar-refractivity contribution in [2.45, 2.75) is 13.5 Å². The van der Waals surface area contributed by atoms with Crippen LogP contribution < -0.4 is 5.32 Å². The maximum atomic E-state index is 10.7. The number of methoxy groups -OCH3 is 1. The number of non-ortho nitro benzene ring substituents is 1. The number of aromatic nitrogens is 2. The molecule has 1 heterocycles. The predicted octanol–water partition coefficient (Wildman–Crippen LogP) is 1.82. The Morgan fingerprint density at radius 1 is 1.43 bits per heavy atom. The van der Waals surface area contributed by atoms with Crippen LogP contribution in [0.5, 0.6) is 0 Å². The predicted molar refractivity (Wildman–Crippen MR) is 78.5 cm³/mol. The van der Waals surface area contributed by atoms with Crippen LogP contribution in [0.3, 0.4) is 0 Å². The lowest BCUT2D eigenvalue weighted by atomic mass is 10.2.